The van der Waals surface area contributed by atoms with Crippen LogP contribution in [-0.4, -0.2) is 26.1 Å². The fourth-order valence-electron chi connectivity index (χ4n) is 2.66. The van der Waals surface area contributed by atoms with Gasteiger partial charge in [-0.15, -0.1) is 0 Å². The number of carbonyl (C=O) groups is 1. The Morgan fingerprint density at radius 2 is 1.72 bits per heavy atom. The molecule has 0 aliphatic carbocycles. The Balaban J connectivity index is 2.21. The van der Waals surface area contributed by atoms with Crippen LogP contribution < -0.4 is 4.74 Å². The molecule has 0 spiro atoms. The van der Waals surface area contributed by atoms with Gasteiger partial charge in [0.2, 0.25) is 9.84 Å². The van der Waals surface area contributed by atoms with E-state index < -0.39 is 38.9 Å². The van der Waals surface area contributed by atoms with Gasteiger partial charge in [-0.05, 0) is 35.9 Å². The van der Waals surface area contributed by atoms with Gasteiger partial charge in [-0.3, -0.25) is 0 Å². The van der Waals surface area contributed by atoms with Crippen molar-refractivity contribution in [3.8, 4) is 16.9 Å². The van der Waals surface area contributed by atoms with Crippen molar-refractivity contribution in [1.29, 1.82) is 0 Å². The summed E-state index contributed by atoms with van der Waals surface area (Å²) in [5.74, 6) is -3.29. The lowest BCUT2D eigenvalue weighted by Crippen LogP contribution is -2.12. The summed E-state index contributed by atoms with van der Waals surface area (Å²) in [6.07, 6.45) is 0. The van der Waals surface area contributed by atoms with Crippen LogP contribution in [-0.2, 0) is 14.6 Å². The summed E-state index contributed by atoms with van der Waals surface area (Å²) >= 11 is 5.95. The Kier molecular flexibility index (Phi) is 5.86. The number of halogens is 3. The van der Waals surface area contributed by atoms with Crippen LogP contribution in [0.25, 0.3) is 11.1 Å². The molecule has 0 bridgehead atoms. The standard InChI is InChI=1S/C20H13ClF2O5S/c21-15-6-1-2-7-18(15)29(26,27)19-10-17(28-11-20(24)25)14(9-16(19)23)12-4-3-5-13(22)8-12/h1-10H,11H2,(H,24,25). The lowest BCUT2D eigenvalue weighted by molar-refractivity contribution is -0.139. The third-order valence-corrected chi connectivity index (χ3v) is 6.21. The number of ether oxygens (including phenoxy) is 1. The minimum Gasteiger partial charge on any atom is -0.481 e. The number of aliphatic carboxylic acids is 1. The molecule has 0 heterocycles. The highest BCUT2D eigenvalue weighted by molar-refractivity contribution is 7.91. The summed E-state index contributed by atoms with van der Waals surface area (Å²) in [4.78, 5) is 9.83. The van der Waals surface area contributed by atoms with E-state index in [2.05, 4.69) is 0 Å². The van der Waals surface area contributed by atoms with Gasteiger partial charge in [0.25, 0.3) is 0 Å². The van der Waals surface area contributed by atoms with E-state index in [-0.39, 0.29) is 26.8 Å². The predicted octanol–water partition coefficient (Wildman–Crippen LogP) is 4.58. The summed E-state index contributed by atoms with van der Waals surface area (Å²) < 4.78 is 59.4. The topological polar surface area (TPSA) is 80.7 Å². The molecule has 0 fully saturated rings. The Morgan fingerprint density at radius 1 is 1.00 bits per heavy atom. The van der Waals surface area contributed by atoms with Crippen molar-refractivity contribution in [3.05, 3.63) is 77.3 Å². The van der Waals surface area contributed by atoms with Crippen molar-refractivity contribution in [2.45, 2.75) is 9.79 Å². The van der Waals surface area contributed by atoms with Crippen LogP contribution in [0.2, 0.25) is 5.02 Å². The first kappa shape index (κ1) is 20.8. The summed E-state index contributed by atoms with van der Waals surface area (Å²) in [5.41, 5.74) is 0.187. The minimum absolute atomic E-state index is 0.00126. The molecule has 3 rings (SSSR count). The second-order valence-electron chi connectivity index (χ2n) is 5.91. The van der Waals surface area contributed by atoms with Crippen molar-refractivity contribution >= 4 is 27.4 Å². The Morgan fingerprint density at radius 3 is 2.38 bits per heavy atom. The zero-order valence-electron chi connectivity index (χ0n) is 14.6. The highest BCUT2D eigenvalue weighted by Gasteiger charge is 2.27. The molecule has 9 heteroatoms. The van der Waals surface area contributed by atoms with E-state index in [9.17, 15) is 22.0 Å². The number of carboxylic acids is 1. The number of hydrogen-bond acceptors (Lipinski definition) is 4. The molecule has 0 amide bonds. The van der Waals surface area contributed by atoms with Crippen LogP contribution >= 0.6 is 11.6 Å². The summed E-state index contributed by atoms with van der Waals surface area (Å²) in [6, 6.07) is 12.3. The van der Waals surface area contributed by atoms with Crippen LogP contribution in [0, 0.1) is 11.6 Å². The first-order chi connectivity index (χ1) is 13.7. The van der Waals surface area contributed by atoms with Gasteiger partial charge in [0.1, 0.15) is 22.3 Å². The number of benzene rings is 3. The molecule has 0 aliphatic rings. The van der Waals surface area contributed by atoms with Gasteiger partial charge >= 0.3 is 5.97 Å². The first-order valence-corrected chi connectivity index (χ1v) is 10.00. The average Bonchev–Trinajstić information content (AvgIpc) is 2.66. The summed E-state index contributed by atoms with van der Waals surface area (Å²) in [6.45, 7) is -0.806. The van der Waals surface area contributed by atoms with Crippen molar-refractivity contribution < 1.29 is 31.8 Å². The van der Waals surface area contributed by atoms with E-state index in [4.69, 9.17) is 21.4 Å². The molecular weight excluding hydrogens is 426 g/mol. The monoisotopic (exact) mass is 438 g/mol. The maximum Gasteiger partial charge on any atom is 0.341 e. The van der Waals surface area contributed by atoms with Gasteiger partial charge in [-0.1, -0.05) is 35.9 Å². The zero-order valence-corrected chi connectivity index (χ0v) is 16.2. The van der Waals surface area contributed by atoms with Gasteiger partial charge in [0.05, 0.1) is 9.92 Å². The van der Waals surface area contributed by atoms with Gasteiger partial charge in [0.15, 0.2) is 6.61 Å². The maximum absolute atomic E-state index is 14.8. The molecule has 1 N–H and O–H groups in total. The van der Waals surface area contributed by atoms with Gasteiger partial charge < -0.3 is 9.84 Å². The van der Waals surface area contributed by atoms with Crippen molar-refractivity contribution in [2.24, 2.45) is 0 Å². The lowest BCUT2D eigenvalue weighted by Gasteiger charge is -2.14. The molecule has 5 nitrogen and oxygen atoms in total. The van der Waals surface area contributed by atoms with Crippen molar-refractivity contribution in [3.63, 3.8) is 0 Å². The molecule has 3 aromatic rings. The van der Waals surface area contributed by atoms with E-state index in [0.29, 0.717) is 0 Å². The van der Waals surface area contributed by atoms with Gasteiger partial charge in [-0.2, -0.15) is 0 Å². The molecule has 0 aromatic heterocycles. The summed E-state index contributed by atoms with van der Waals surface area (Å²) in [7, 11) is -4.38. The van der Waals surface area contributed by atoms with Gasteiger partial charge in [-0.25, -0.2) is 22.0 Å². The largest absolute Gasteiger partial charge is 0.481 e. The van der Waals surface area contributed by atoms with E-state index in [1.54, 1.807) is 0 Å². The minimum atomic E-state index is -4.38. The quantitative estimate of drug-likeness (QED) is 0.609. The van der Waals surface area contributed by atoms with Crippen LogP contribution in [0.4, 0.5) is 8.78 Å². The highest BCUT2D eigenvalue weighted by atomic mass is 35.5. The first-order valence-electron chi connectivity index (χ1n) is 8.14. The molecule has 150 valence electrons. The van der Waals surface area contributed by atoms with Crippen LogP contribution in [0.5, 0.6) is 5.75 Å². The SMILES string of the molecule is O=C(O)COc1cc(S(=O)(=O)c2ccccc2Cl)c(F)cc1-c1cccc(F)c1. The second-order valence-corrected chi connectivity index (χ2v) is 8.20. The van der Waals surface area contributed by atoms with E-state index in [0.717, 1.165) is 18.2 Å². The molecule has 0 atom stereocenters. The van der Waals surface area contributed by atoms with E-state index in [1.165, 1.54) is 42.5 Å². The fraction of sp³-hybridized carbons (Fsp3) is 0.0500. The fourth-order valence-corrected chi connectivity index (χ4v) is 4.50. The average molecular weight is 439 g/mol. The maximum atomic E-state index is 14.8. The van der Waals surface area contributed by atoms with Crippen molar-refractivity contribution in [2.75, 3.05) is 6.61 Å². The molecular formula is C20H13ClF2O5S. The Hall–Kier alpha value is -2.97. The van der Waals surface area contributed by atoms with Crippen molar-refractivity contribution in [1.82, 2.24) is 0 Å². The Labute approximate surface area is 170 Å². The highest BCUT2D eigenvalue weighted by Crippen LogP contribution is 2.37. The molecule has 0 radical (unpaired) electrons. The number of hydrogen-bond donors (Lipinski definition) is 1. The van der Waals surface area contributed by atoms with Crippen LogP contribution in [0.3, 0.4) is 0 Å². The molecule has 3 aromatic carbocycles. The molecule has 29 heavy (non-hydrogen) atoms. The third kappa shape index (κ3) is 4.38. The second kappa shape index (κ2) is 8.18. The zero-order chi connectivity index (χ0) is 21.2. The Bertz CT molecular complexity index is 1200. The van der Waals surface area contributed by atoms with E-state index in [1.807, 2.05) is 0 Å². The number of carboxylic acid groups (broad SMARTS) is 1. The third-order valence-electron chi connectivity index (χ3n) is 3.94. The number of rotatable bonds is 6. The molecule has 0 aliphatic heterocycles. The molecule has 0 saturated heterocycles. The normalized spacial score (nSPS) is 11.3. The van der Waals surface area contributed by atoms with Crippen LogP contribution in [0.15, 0.2) is 70.5 Å². The lowest BCUT2D eigenvalue weighted by atomic mass is 10.0. The molecule has 0 unspecified atom stereocenters. The van der Waals surface area contributed by atoms with Gasteiger partial charge in [0, 0.05) is 11.6 Å². The summed E-state index contributed by atoms with van der Waals surface area (Å²) in [5, 5.41) is 8.78. The van der Waals surface area contributed by atoms with Crippen LogP contribution in [0.1, 0.15) is 0 Å². The smallest absolute Gasteiger partial charge is 0.341 e. The predicted molar refractivity (Wildman–Crippen MR) is 102 cm³/mol. The van der Waals surface area contributed by atoms with E-state index >= 15 is 0 Å². The molecule has 0 saturated carbocycles. The number of sulfone groups is 1.